The van der Waals surface area contributed by atoms with Gasteiger partial charge in [0.15, 0.2) is 12.6 Å². The van der Waals surface area contributed by atoms with Crippen LogP contribution in [-0.2, 0) is 0 Å². The Morgan fingerprint density at radius 3 is 1.05 bits per heavy atom. The second kappa shape index (κ2) is 22.3. The normalized spacial score (nSPS) is 11.2. The van der Waals surface area contributed by atoms with Crippen LogP contribution < -0.4 is 9.47 Å². The van der Waals surface area contributed by atoms with Gasteiger partial charge in [0, 0.05) is 10.8 Å². The van der Waals surface area contributed by atoms with Crippen LogP contribution in [0.5, 0.6) is 11.5 Å². The second-order valence-corrected chi connectivity index (χ2v) is 11.4. The van der Waals surface area contributed by atoms with E-state index in [1.165, 1.54) is 103 Å². The van der Waals surface area contributed by atoms with E-state index >= 15 is 0 Å². The maximum absolute atomic E-state index is 11.8. The molecule has 0 aliphatic heterocycles. The first-order valence-electron chi connectivity index (χ1n) is 16.5. The van der Waals surface area contributed by atoms with E-state index < -0.39 is 0 Å². The first kappa shape index (κ1) is 33.8. The Balaban J connectivity index is 1.83. The van der Waals surface area contributed by atoms with Crippen molar-refractivity contribution >= 4 is 23.3 Å². The number of aldehydes is 2. The third-order valence-corrected chi connectivity index (χ3v) is 7.91. The monoisotopic (exact) mass is 552 g/mol. The average Bonchev–Trinajstić information content (AvgIpc) is 2.98. The molecular weight excluding hydrogens is 496 g/mol. The number of benzene rings is 2. The minimum absolute atomic E-state index is 0.541. The molecule has 4 nitrogen and oxygen atoms in total. The van der Waals surface area contributed by atoms with Crippen molar-refractivity contribution in [3.05, 3.63) is 35.4 Å². The van der Waals surface area contributed by atoms with Gasteiger partial charge in [-0.05, 0) is 37.1 Å². The molecule has 0 amide bonds. The van der Waals surface area contributed by atoms with Gasteiger partial charge in [0.05, 0.1) is 24.3 Å². The minimum atomic E-state index is 0.541. The van der Waals surface area contributed by atoms with Gasteiger partial charge in [-0.2, -0.15) is 0 Å². The van der Waals surface area contributed by atoms with Crippen LogP contribution in [0.25, 0.3) is 10.8 Å². The molecule has 0 bridgehead atoms. The summed E-state index contributed by atoms with van der Waals surface area (Å²) in [5.74, 6) is 1.20. The van der Waals surface area contributed by atoms with Gasteiger partial charge in [0.1, 0.15) is 11.5 Å². The number of carbonyl (C=O) groups is 2. The zero-order valence-corrected chi connectivity index (χ0v) is 25.7. The van der Waals surface area contributed by atoms with Crippen molar-refractivity contribution in [1.29, 1.82) is 0 Å². The van der Waals surface area contributed by atoms with E-state index in [-0.39, 0.29) is 0 Å². The van der Waals surface area contributed by atoms with Gasteiger partial charge in [0.2, 0.25) is 0 Å². The standard InChI is InChI=1S/C36H56O4/c1-3-5-7-9-11-13-15-17-19-21-27-39-35-31(29-37)23-26-34-33(35)25-24-32(30-38)36(34)40-28-22-20-18-16-14-12-10-8-6-4-2/h23-26,29-30H,3-22,27-28H2,1-2H3. The van der Waals surface area contributed by atoms with Crippen LogP contribution in [0, 0.1) is 0 Å². The van der Waals surface area contributed by atoms with Crippen molar-refractivity contribution < 1.29 is 19.1 Å². The van der Waals surface area contributed by atoms with Crippen molar-refractivity contribution in [2.75, 3.05) is 13.2 Å². The summed E-state index contributed by atoms with van der Waals surface area (Å²) in [5.41, 5.74) is 1.08. The lowest BCUT2D eigenvalue weighted by atomic mass is 10.0. The van der Waals surface area contributed by atoms with Gasteiger partial charge >= 0.3 is 0 Å². The molecule has 0 saturated carbocycles. The number of hydrogen-bond donors (Lipinski definition) is 0. The van der Waals surface area contributed by atoms with E-state index in [0.29, 0.717) is 35.8 Å². The zero-order chi connectivity index (χ0) is 28.7. The lowest BCUT2D eigenvalue weighted by molar-refractivity contribution is 0.111. The summed E-state index contributed by atoms with van der Waals surface area (Å²) in [4.78, 5) is 23.6. The summed E-state index contributed by atoms with van der Waals surface area (Å²) in [6, 6.07) is 7.33. The van der Waals surface area contributed by atoms with Crippen LogP contribution in [0.15, 0.2) is 24.3 Å². The molecule has 4 heteroatoms. The molecular formula is C36H56O4. The zero-order valence-electron chi connectivity index (χ0n) is 25.7. The number of hydrogen-bond acceptors (Lipinski definition) is 4. The van der Waals surface area contributed by atoms with Gasteiger partial charge in [-0.25, -0.2) is 0 Å². The topological polar surface area (TPSA) is 52.6 Å². The van der Waals surface area contributed by atoms with Gasteiger partial charge in [-0.3, -0.25) is 9.59 Å². The van der Waals surface area contributed by atoms with Crippen molar-refractivity contribution in [2.24, 2.45) is 0 Å². The lowest BCUT2D eigenvalue weighted by Crippen LogP contribution is -2.04. The van der Waals surface area contributed by atoms with Crippen molar-refractivity contribution in [3.8, 4) is 11.5 Å². The number of carbonyl (C=O) groups excluding carboxylic acids is 2. The van der Waals surface area contributed by atoms with Crippen LogP contribution >= 0.6 is 0 Å². The highest BCUT2D eigenvalue weighted by Crippen LogP contribution is 2.37. The fourth-order valence-electron chi connectivity index (χ4n) is 5.42. The van der Waals surface area contributed by atoms with Gasteiger partial charge in [-0.1, -0.05) is 129 Å². The highest BCUT2D eigenvalue weighted by molar-refractivity contribution is 6.02. The lowest BCUT2D eigenvalue weighted by Gasteiger charge is -2.16. The Kier molecular flexibility index (Phi) is 18.9. The van der Waals surface area contributed by atoms with E-state index in [2.05, 4.69) is 13.8 Å². The van der Waals surface area contributed by atoms with Crippen LogP contribution in [0.2, 0.25) is 0 Å². The largest absolute Gasteiger partial charge is 0.492 e. The van der Waals surface area contributed by atoms with Crippen molar-refractivity contribution in [1.82, 2.24) is 0 Å². The molecule has 0 N–H and O–H groups in total. The summed E-state index contributed by atoms with van der Waals surface area (Å²) in [5, 5.41) is 1.67. The summed E-state index contributed by atoms with van der Waals surface area (Å²) in [6.45, 7) is 5.68. The maximum Gasteiger partial charge on any atom is 0.153 e. The smallest absolute Gasteiger partial charge is 0.153 e. The fourth-order valence-corrected chi connectivity index (χ4v) is 5.42. The van der Waals surface area contributed by atoms with Crippen LogP contribution in [0.4, 0.5) is 0 Å². The Bertz CT molecular complexity index is 874. The molecule has 224 valence electrons. The van der Waals surface area contributed by atoms with E-state index in [1.807, 2.05) is 12.1 Å². The molecule has 40 heavy (non-hydrogen) atoms. The van der Waals surface area contributed by atoms with E-state index in [0.717, 1.165) is 49.0 Å². The summed E-state index contributed by atoms with van der Waals surface area (Å²) >= 11 is 0. The van der Waals surface area contributed by atoms with Crippen molar-refractivity contribution in [3.63, 3.8) is 0 Å². The van der Waals surface area contributed by atoms with E-state index in [4.69, 9.17) is 9.47 Å². The third kappa shape index (κ3) is 12.9. The highest BCUT2D eigenvalue weighted by Gasteiger charge is 2.15. The van der Waals surface area contributed by atoms with E-state index in [1.54, 1.807) is 12.1 Å². The quantitative estimate of drug-likeness (QED) is 0.0860. The molecule has 2 aromatic rings. The SMILES string of the molecule is CCCCCCCCCCCCOc1c(C=O)ccc2c(OCCCCCCCCCCCC)c(C=O)ccc12. The molecule has 0 aliphatic rings. The number of unbranched alkanes of at least 4 members (excludes halogenated alkanes) is 18. The summed E-state index contributed by atoms with van der Waals surface area (Å²) in [7, 11) is 0. The van der Waals surface area contributed by atoms with Crippen molar-refractivity contribution in [2.45, 2.75) is 142 Å². The van der Waals surface area contributed by atoms with Crippen LogP contribution in [-0.4, -0.2) is 25.8 Å². The number of rotatable bonds is 26. The highest BCUT2D eigenvalue weighted by atomic mass is 16.5. The van der Waals surface area contributed by atoms with Gasteiger partial charge < -0.3 is 9.47 Å². The van der Waals surface area contributed by atoms with Crippen LogP contribution in [0.3, 0.4) is 0 Å². The Morgan fingerprint density at radius 1 is 0.450 bits per heavy atom. The first-order valence-corrected chi connectivity index (χ1v) is 16.5. The van der Waals surface area contributed by atoms with E-state index in [9.17, 15) is 9.59 Å². The minimum Gasteiger partial charge on any atom is -0.492 e. The molecule has 0 spiro atoms. The molecule has 0 unspecified atom stereocenters. The Labute approximate surface area is 244 Å². The third-order valence-electron chi connectivity index (χ3n) is 7.91. The molecule has 2 aromatic carbocycles. The molecule has 0 aliphatic carbocycles. The molecule has 0 saturated heterocycles. The Morgan fingerprint density at radius 2 is 0.750 bits per heavy atom. The fraction of sp³-hybridized carbons (Fsp3) is 0.667. The summed E-state index contributed by atoms with van der Waals surface area (Å²) in [6.07, 6.45) is 27.1. The molecule has 0 atom stereocenters. The van der Waals surface area contributed by atoms with Gasteiger partial charge in [-0.15, -0.1) is 0 Å². The predicted molar refractivity (Wildman–Crippen MR) is 169 cm³/mol. The second-order valence-electron chi connectivity index (χ2n) is 11.4. The molecule has 0 aromatic heterocycles. The molecule has 2 rings (SSSR count). The Hall–Kier alpha value is -2.36. The maximum atomic E-state index is 11.8. The predicted octanol–water partition coefficient (Wildman–Crippen LogP) is 11.1. The summed E-state index contributed by atoms with van der Waals surface area (Å²) < 4.78 is 12.4. The molecule has 0 radical (unpaired) electrons. The van der Waals surface area contributed by atoms with Gasteiger partial charge in [0.25, 0.3) is 0 Å². The number of ether oxygens (including phenoxy) is 2. The first-order chi connectivity index (χ1) is 19.8. The van der Waals surface area contributed by atoms with Crippen LogP contribution in [0.1, 0.15) is 163 Å². The molecule has 0 fully saturated rings. The number of fused-ring (bicyclic) bond motifs is 1. The average molecular weight is 553 g/mol. The molecule has 0 heterocycles.